The Kier molecular flexibility index (Phi) is 4.01. The van der Waals surface area contributed by atoms with Crippen LogP contribution < -0.4 is 5.32 Å². The van der Waals surface area contributed by atoms with Crippen LogP contribution in [-0.4, -0.2) is 28.3 Å². The van der Waals surface area contributed by atoms with Gasteiger partial charge in [0.05, 0.1) is 17.8 Å². The molecule has 2 N–H and O–H groups in total. The molecule has 1 aromatic rings. The number of carbonyl (C=O) groups is 1. The molecule has 0 aliphatic heterocycles. The fourth-order valence-electron chi connectivity index (χ4n) is 2.47. The summed E-state index contributed by atoms with van der Waals surface area (Å²) in [6, 6.07) is -0.148. The van der Waals surface area contributed by atoms with Crippen molar-refractivity contribution in [1.82, 2.24) is 10.5 Å². The van der Waals surface area contributed by atoms with Gasteiger partial charge in [0.25, 0.3) is 5.91 Å². The maximum Gasteiger partial charge on any atom is 0.257 e. The van der Waals surface area contributed by atoms with Gasteiger partial charge >= 0.3 is 0 Å². The second kappa shape index (κ2) is 5.52. The van der Waals surface area contributed by atoms with E-state index in [0.29, 0.717) is 23.4 Å². The first-order chi connectivity index (χ1) is 8.63. The van der Waals surface area contributed by atoms with Crippen LogP contribution in [0.5, 0.6) is 0 Å². The molecule has 1 saturated carbocycles. The van der Waals surface area contributed by atoms with Crippen molar-refractivity contribution in [2.75, 3.05) is 0 Å². The molecule has 1 heterocycles. The van der Waals surface area contributed by atoms with Gasteiger partial charge in [-0.3, -0.25) is 4.79 Å². The zero-order valence-corrected chi connectivity index (χ0v) is 10.9. The van der Waals surface area contributed by atoms with Gasteiger partial charge in [0, 0.05) is 0 Å². The summed E-state index contributed by atoms with van der Waals surface area (Å²) in [6.07, 6.45) is 3.89. The molecule has 2 atom stereocenters. The number of nitrogens with zero attached hydrogens (tertiary/aromatic N) is 1. The molecule has 1 aliphatic rings. The van der Waals surface area contributed by atoms with Crippen LogP contribution in [0.1, 0.15) is 54.4 Å². The molecule has 0 saturated heterocycles. The molecule has 1 aliphatic carbocycles. The van der Waals surface area contributed by atoms with Gasteiger partial charge in [0.15, 0.2) is 0 Å². The zero-order chi connectivity index (χ0) is 13.1. The molecule has 100 valence electrons. The van der Waals surface area contributed by atoms with Gasteiger partial charge in [-0.05, 0) is 26.2 Å². The van der Waals surface area contributed by atoms with E-state index in [9.17, 15) is 9.90 Å². The highest BCUT2D eigenvalue weighted by atomic mass is 16.5. The third kappa shape index (κ3) is 2.56. The molecule has 1 aromatic heterocycles. The molecule has 0 bridgehead atoms. The van der Waals surface area contributed by atoms with Gasteiger partial charge in [0.1, 0.15) is 11.3 Å². The summed E-state index contributed by atoms with van der Waals surface area (Å²) in [5.41, 5.74) is 1.20. The van der Waals surface area contributed by atoms with Crippen LogP contribution in [-0.2, 0) is 6.42 Å². The number of hydrogen-bond donors (Lipinski definition) is 2. The summed E-state index contributed by atoms with van der Waals surface area (Å²) in [6.45, 7) is 3.67. The lowest BCUT2D eigenvalue weighted by atomic mass is 9.92. The first-order valence-electron chi connectivity index (χ1n) is 6.57. The summed E-state index contributed by atoms with van der Waals surface area (Å²) in [5, 5.41) is 16.6. The van der Waals surface area contributed by atoms with E-state index in [1.807, 2.05) is 6.92 Å². The first-order valence-corrected chi connectivity index (χ1v) is 6.57. The summed E-state index contributed by atoms with van der Waals surface area (Å²) in [5.74, 6) is 0.353. The Labute approximate surface area is 107 Å². The Morgan fingerprint density at radius 1 is 1.50 bits per heavy atom. The van der Waals surface area contributed by atoms with E-state index in [1.54, 1.807) is 6.92 Å². The monoisotopic (exact) mass is 252 g/mol. The van der Waals surface area contributed by atoms with E-state index in [4.69, 9.17) is 4.52 Å². The molecule has 0 radical (unpaired) electrons. The molecule has 0 spiro atoms. The minimum absolute atomic E-state index is 0.148. The maximum atomic E-state index is 12.2. The molecule has 5 nitrogen and oxygen atoms in total. The number of hydrogen-bond acceptors (Lipinski definition) is 4. The molecule has 5 heteroatoms. The molecule has 2 rings (SSSR count). The summed E-state index contributed by atoms with van der Waals surface area (Å²) < 4.78 is 5.05. The van der Waals surface area contributed by atoms with Crippen LogP contribution in [0, 0.1) is 6.92 Å². The normalized spacial score (nSPS) is 23.9. The van der Waals surface area contributed by atoms with Crippen molar-refractivity contribution in [2.24, 2.45) is 0 Å². The van der Waals surface area contributed by atoms with Crippen molar-refractivity contribution in [3.63, 3.8) is 0 Å². The number of amides is 1. The minimum atomic E-state index is -0.437. The Balaban J connectivity index is 2.09. The van der Waals surface area contributed by atoms with Crippen LogP contribution >= 0.6 is 0 Å². The Morgan fingerprint density at radius 3 is 2.89 bits per heavy atom. The standard InChI is InChI=1S/C13H20N2O3/c1-3-9-12(8(2)18-15-9)13(17)14-10-6-4-5-7-11(10)16/h10-11,16H,3-7H2,1-2H3,(H,14,17)/t10-,11-/m1/s1. The van der Waals surface area contributed by atoms with Gasteiger partial charge in [-0.15, -0.1) is 0 Å². The first kappa shape index (κ1) is 13.1. The number of aryl methyl sites for hydroxylation is 2. The number of carbonyl (C=O) groups excluding carboxylic acids is 1. The van der Waals surface area contributed by atoms with Gasteiger partial charge in [-0.2, -0.15) is 0 Å². The van der Waals surface area contributed by atoms with E-state index in [-0.39, 0.29) is 11.9 Å². The van der Waals surface area contributed by atoms with E-state index >= 15 is 0 Å². The van der Waals surface area contributed by atoms with Crippen molar-refractivity contribution >= 4 is 5.91 Å². The molecule has 1 fully saturated rings. The van der Waals surface area contributed by atoms with Gasteiger partial charge in [-0.1, -0.05) is 24.9 Å². The smallest absolute Gasteiger partial charge is 0.257 e. The maximum absolute atomic E-state index is 12.2. The lowest BCUT2D eigenvalue weighted by Crippen LogP contribution is -2.45. The average Bonchev–Trinajstić information content (AvgIpc) is 2.73. The van der Waals surface area contributed by atoms with E-state index in [0.717, 1.165) is 25.7 Å². The second-order valence-electron chi connectivity index (χ2n) is 4.85. The Morgan fingerprint density at radius 2 is 2.22 bits per heavy atom. The van der Waals surface area contributed by atoms with Crippen molar-refractivity contribution < 1.29 is 14.4 Å². The van der Waals surface area contributed by atoms with Crippen molar-refractivity contribution in [1.29, 1.82) is 0 Å². The second-order valence-corrected chi connectivity index (χ2v) is 4.85. The highest BCUT2D eigenvalue weighted by Crippen LogP contribution is 2.20. The fourth-order valence-corrected chi connectivity index (χ4v) is 2.47. The Hall–Kier alpha value is -1.36. The van der Waals surface area contributed by atoms with Crippen LogP contribution in [0.3, 0.4) is 0 Å². The molecular weight excluding hydrogens is 232 g/mol. The third-order valence-corrected chi connectivity index (χ3v) is 3.54. The number of rotatable bonds is 3. The minimum Gasteiger partial charge on any atom is -0.391 e. The molecular formula is C13H20N2O3. The third-order valence-electron chi connectivity index (χ3n) is 3.54. The van der Waals surface area contributed by atoms with E-state index in [1.165, 1.54) is 0 Å². The predicted octanol–water partition coefficient (Wildman–Crippen LogP) is 1.58. The van der Waals surface area contributed by atoms with Gasteiger partial charge in [0.2, 0.25) is 0 Å². The quantitative estimate of drug-likeness (QED) is 0.856. The Bertz CT molecular complexity index is 428. The number of aliphatic hydroxyl groups excluding tert-OH is 1. The van der Waals surface area contributed by atoms with Crippen LogP contribution in [0.15, 0.2) is 4.52 Å². The SMILES string of the molecule is CCc1noc(C)c1C(=O)N[C@@H]1CCCC[C@H]1O. The van der Waals surface area contributed by atoms with Gasteiger partial charge < -0.3 is 14.9 Å². The number of aromatic nitrogens is 1. The number of aliphatic hydroxyl groups is 1. The van der Waals surface area contributed by atoms with Crippen LogP contribution in [0.25, 0.3) is 0 Å². The highest BCUT2D eigenvalue weighted by Gasteiger charge is 2.27. The highest BCUT2D eigenvalue weighted by molar-refractivity contribution is 5.96. The molecule has 1 amide bonds. The lowest BCUT2D eigenvalue weighted by Gasteiger charge is -2.28. The fraction of sp³-hybridized carbons (Fsp3) is 0.692. The molecule has 18 heavy (non-hydrogen) atoms. The molecule has 0 aromatic carbocycles. The van der Waals surface area contributed by atoms with Crippen molar-refractivity contribution in [3.05, 3.63) is 17.0 Å². The molecule has 0 unspecified atom stereocenters. The number of nitrogens with one attached hydrogen (secondary N) is 1. The van der Waals surface area contributed by atoms with Crippen LogP contribution in [0.4, 0.5) is 0 Å². The average molecular weight is 252 g/mol. The van der Waals surface area contributed by atoms with E-state index < -0.39 is 6.10 Å². The largest absolute Gasteiger partial charge is 0.391 e. The van der Waals surface area contributed by atoms with Gasteiger partial charge in [-0.25, -0.2) is 0 Å². The van der Waals surface area contributed by atoms with Crippen molar-refractivity contribution in [3.8, 4) is 0 Å². The predicted molar refractivity (Wildman–Crippen MR) is 66.3 cm³/mol. The zero-order valence-electron chi connectivity index (χ0n) is 10.9. The van der Waals surface area contributed by atoms with Crippen molar-refractivity contribution in [2.45, 2.75) is 58.1 Å². The summed E-state index contributed by atoms with van der Waals surface area (Å²) >= 11 is 0. The summed E-state index contributed by atoms with van der Waals surface area (Å²) in [4.78, 5) is 12.2. The summed E-state index contributed by atoms with van der Waals surface area (Å²) in [7, 11) is 0. The van der Waals surface area contributed by atoms with E-state index in [2.05, 4.69) is 10.5 Å². The topological polar surface area (TPSA) is 75.4 Å². The lowest BCUT2D eigenvalue weighted by molar-refractivity contribution is 0.0715. The van der Waals surface area contributed by atoms with Crippen LogP contribution in [0.2, 0.25) is 0 Å².